The Labute approximate surface area is 119 Å². The second-order valence-corrected chi connectivity index (χ2v) is 4.47. The van der Waals surface area contributed by atoms with Gasteiger partial charge >= 0.3 is 0 Å². The van der Waals surface area contributed by atoms with Crippen LogP contribution in [0.25, 0.3) is 22.4 Å². The van der Waals surface area contributed by atoms with E-state index in [9.17, 15) is 8.78 Å². The molecule has 0 fully saturated rings. The third-order valence-corrected chi connectivity index (χ3v) is 3.15. The molecule has 2 aromatic carbocycles. The van der Waals surface area contributed by atoms with E-state index in [2.05, 4.69) is 9.97 Å². The van der Waals surface area contributed by atoms with Gasteiger partial charge in [-0.2, -0.15) is 0 Å². The standard InChI is InChI=1S/C15H12F2N2O2/c1-20-9-3-8(4-10(5-9)21-2)15-18-13-6-11(16)12(17)7-14(13)19-15/h3-7H,1-2H3,(H,18,19). The van der Waals surface area contributed by atoms with Gasteiger partial charge in [-0.1, -0.05) is 0 Å². The molecular formula is C15H12F2N2O2. The van der Waals surface area contributed by atoms with Crippen LogP contribution in [-0.2, 0) is 0 Å². The van der Waals surface area contributed by atoms with Gasteiger partial charge in [0.15, 0.2) is 11.6 Å². The van der Waals surface area contributed by atoms with Gasteiger partial charge in [-0.15, -0.1) is 0 Å². The first-order valence-electron chi connectivity index (χ1n) is 6.19. The minimum absolute atomic E-state index is 0.352. The molecule has 1 aromatic heterocycles. The van der Waals surface area contributed by atoms with Gasteiger partial charge in [-0.3, -0.25) is 0 Å². The largest absolute Gasteiger partial charge is 0.497 e. The SMILES string of the molecule is COc1cc(OC)cc(-c2nc3cc(F)c(F)cc3[nH]2)c1. The maximum Gasteiger partial charge on any atom is 0.161 e. The molecule has 0 aliphatic heterocycles. The van der Waals surface area contributed by atoms with Crippen molar-refractivity contribution < 1.29 is 18.3 Å². The molecule has 1 N–H and O–H groups in total. The van der Waals surface area contributed by atoms with Crippen molar-refractivity contribution in [2.24, 2.45) is 0 Å². The van der Waals surface area contributed by atoms with Crippen molar-refractivity contribution in [3.05, 3.63) is 42.0 Å². The molecule has 4 nitrogen and oxygen atoms in total. The Hall–Kier alpha value is -2.63. The normalized spacial score (nSPS) is 10.9. The van der Waals surface area contributed by atoms with Gasteiger partial charge in [-0.05, 0) is 12.1 Å². The van der Waals surface area contributed by atoms with Crippen LogP contribution >= 0.6 is 0 Å². The Morgan fingerprint density at radius 3 is 2.14 bits per heavy atom. The number of imidazole rings is 1. The molecule has 0 radical (unpaired) electrons. The Bertz CT molecular complexity index is 754. The summed E-state index contributed by atoms with van der Waals surface area (Å²) < 4.78 is 36.8. The van der Waals surface area contributed by atoms with E-state index in [1.807, 2.05) is 0 Å². The second-order valence-electron chi connectivity index (χ2n) is 4.47. The van der Waals surface area contributed by atoms with Crippen molar-refractivity contribution in [1.29, 1.82) is 0 Å². The highest BCUT2D eigenvalue weighted by atomic mass is 19.2. The number of methoxy groups -OCH3 is 2. The van der Waals surface area contributed by atoms with E-state index in [1.54, 1.807) is 32.4 Å². The summed E-state index contributed by atoms with van der Waals surface area (Å²) in [7, 11) is 3.09. The molecule has 1 heterocycles. The molecule has 0 amide bonds. The monoisotopic (exact) mass is 290 g/mol. The highest BCUT2D eigenvalue weighted by molar-refractivity contribution is 5.80. The molecule has 0 atom stereocenters. The Kier molecular flexibility index (Phi) is 3.21. The van der Waals surface area contributed by atoms with Crippen LogP contribution in [0.4, 0.5) is 8.78 Å². The van der Waals surface area contributed by atoms with Crippen LogP contribution < -0.4 is 9.47 Å². The zero-order chi connectivity index (χ0) is 15.0. The predicted molar refractivity (Wildman–Crippen MR) is 74.5 cm³/mol. The molecular weight excluding hydrogens is 278 g/mol. The number of nitrogens with one attached hydrogen (secondary N) is 1. The number of aromatic nitrogens is 2. The summed E-state index contributed by atoms with van der Waals surface area (Å²) in [5.41, 5.74) is 1.47. The Morgan fingerprint density at radius 1 is 0.905 bits per heavy atom. The maximum absolute atomic E-state index is 13.2. The summed E-state index contributed by atoms with van der Waals surface area (Å²) in [6, 6.07) is 7.38. The minimum Gasteiger partial charge on any atom is -0.497 e. The summed E-state index contributed by atoms with van der Waals surface area (Å²) in [6.07, 6.45) is 0. The van der Waals surface area contributed by atoms with E-state index in [0.29, 0.717) is 33.9 Å². The van der Waals surface area contributed by atoms with Crippen LogP contribution in [0.3, 0.4) is 0 Å². The summed E-state index contributed by atoms with van der Waals surface area (Å²) in [5, 5.41) is 0. The molecule has 0 spiro atoms. The van der Waals surface area contributed by atoms with Gasteiger partial charge in [0.2, 0.25) is 0 Å². The summed E-state index contributed by atoms with van der Waals surface area (Å²) in [6.45, 7) is 0. The molecule has 0 aliphatic rings. The molecule has 21 heavy (non-hydrogen) atoms. The number of H-pyrrole nitrogens is 1. The Morgan fingerprint density at radius 2 is 1.52 bits per heavy atom. The Balaban J connectivity index is 2.15. The lowest BCUT2D eigenvalue weighted by atomic mass is 10.2. The van der Waals surface area contributed by atoms with Gasteiger partial charge in [0, 0.05) is 23.8 Å². The number of benzene rings is 2. The van der Waals surface area contributed by atoms with E-state index < -0.39 is 11.6 Å². The van der Waals surface area contributed by atoms with Gasteiger partial charge in [-0.25, -0.2) is 13.8 Å². The number of hydrogen-bond acceptors (Lipinski definition) is 3. The zero-order valence-corrected chi connectivity index (χ0v) is 11.4. The average molecular weight is 290 g/mol. The second kappa shape index (κ2) is 5.05. The molecule has 6 heteroatoms. The summed E-state index contributed by atoms with van der Waals surface area (Å²) in [5.74, 6) is -0.166. The number of ether oxygens (including phenoxy) is 2. The van der Waals surface area contributed by atoms with Crippen molar-refractivity contribution in [2.75, 3.05) is 14.2 Å². The number of nitrogens with zero attached hydrogens (tertiary/aromatic N) is 1. The lowest BCUT2D eigenvalue weighted by Gasteiger charge is -2.06. The zero-order valence-electron chi connectivity index (χ0n) is 11.4. The predicted octanol–water partition coefficient (Wildman–Crippen LogP) is 3.53. The van der Waals surface area contributed by atoms with Crippen LogP contribution in [0.15, 0.2) is 30.3 Å². The topological polar surface area (TPSA) is 47.1 Å². The van der Waals surface area contributed by atoms with Gasteiger partial charge < -0.3 is 14.5 Å². The van der Waals surface area contributed by atoms with E-state index in [4.69, 9.17) is 9.47 Å². The summed E-state index contributed by atoms with van der Waals surface area (Å²) >= 11 is 0. The molecule has 0 bridgehead atoms. The molecule has 0 unspecified atom stereocenters. The van der Waals surface area contributed by atoms with E-state index in [1.165, 1.54) is 0 Å². The van der Waals surface area contributed by atoms with Crippen LogP contribution in [0.5, 0.6) is 11.5 Å². The fourth-order valence-electron chi connectivity index (χ4n) is 2.09. The fraction of sp³-hybridized carbons (Fsp3) is 0.133. The van der Waals surface area contributed by atoms with Gasteiger partial charge in [0.25, 0.3) is 0 Å². The fourth-order valence-corrected chi connectivity index (χ4v) is 2.09. The minimum atomic E-state index is -0.927. The van der Waals surface area contributed by atoms with Crippen molar-refractivity contribution in [3.63, 3.8) is 0 Å². The number of halogens is 2. The van der Waals surface area contributed by atoms with E-state index >= 15 is 0 Å². The number of aromatic amines is 1. The smallest absolute Gasteiger partial charge is 0.161 e. The first kappa shape index (κ1) is 13.4. The third kappa shape index (κ3) is 2.40. The van der Waals surface area contributed by atoms with Crippen LogP contribution in [-0.4, -0.2) is 24.2 Å². The number of hydrogen-bond donors (Lipinski definition) is 1. The van der Waals surface area contributed by atoms with Crippen LogP contribution in [0.2, 0.25) is 0 Å². The molecule has 0 aliphatic carbocycles. The molecule has 108 valence electrons. The molecule has 3 rings (SSSR count). The third-order valence-electron chi connectivity index (χ3n) is 3.15. The van der Waals surface area contributed by atoms with Crippen LogP contribution in [0.1, 0.15) is 0 Å². The molecule has 0 saturated heterocycles. The number of rotatable bonds is 3. The first-order chi connectivity index (χ1) is 10.1. The molecule has 3 aromatic rings. The summed E-state index contributed by atoms with van der Waals surface area (Å²) in [4.78, 5) is 7.22. The molecule has 0 saturated carbocycles. The van der Waals surface area contributed by atoms with Crippen molar-refractivity contribution >= 4 is 11.0 Å². The van der Waals surface area contributed by atoms with E-state index in [0.717, 1.165) is 12.1 Å². The average Bonchev–Trinajstić information content (AvgIpc) is 2.90. The highest BCUT2D eigenvalue weighted by Gasteiger charge is 2.11. The van der Waals surface area contributed by atoms with Gasteiger partial charge in [0.1, 0.15) is 17.3 Å². The van der Waals surface area contributed by atoms with Crippen LogP contribution in [0, 0.1) is 11.6 Å². The highest BCUT2D eigenvalue weighted by Crippen LogP contribution is 2.29. The lowest BCUT2D eigenvalue weighted by Crippen LogP contribution is -1.89. The van der Waals surface area contributed by atoms with Gasteiger partial charge in [0.05, 0.1) is 25.3 Å². The maximum atomic E-state index is 13.2. The lowest BCUT2D eigenvalue weighted by molar-refractivity contribution is 0.394. The van der Waals surface area contributed by atoms with Crippen molar-refractivity contribution in [1.82, 2.24) is 9.97 Å². The quantitative estimate of drug-likeness (QED) is 0.802. The van der Waals surface area contributed by atoms with Crippen molar-refractivity contribution in [2.45, 2.75) is 0 Å². The first-order valence-corrected chi connectivity index (χ1v) is 6.19. The van der Waals surface area contributed by atoms with Crippen molar-refractivity contribution in [3.8, 4) is 22.9 Å². The van der Waals surface area contributed by atoms with E-state index in [-0.39, 0.29) is 0 Å². The number of fused-ring (bicyclic) bond motifs is 1.